The molecule has 2 aromatic rings. The molecule has 0 saturated heterocycles. The summed E-state index contributed by atoms with van der Waals surface area (Å²) < 4.78 is 47.5. The van der Waals surface area contributed by atoms with Gasteiger partial charge >= 0.3 is 6.29 Å². The number of benzene rings is 2. The number of hydrogen-bond donors (Lipinski definition) is 2. The SMILES string of the molecule is CC(Nc1ccc2c(c1)OC(F)(F)O2)C(=O)NCc1ccc(F)cc1. The van der Waals surface area contributed by atoms with Crippen LogP contribution in [0.2, 0.25) is 0 Å². The number of fused-ring (bicyclic) bond motifs is 1. The van der Waals surface area contributed by atoms with Crippen LogP contribution in [0.4, 0.5) is 18.9 Å². The summed E-state index contributed by atoms with van der Waals surface area (Å²) in [5.74, 6) is -0.816. The maximum Gasteiger partial charge on any atom is 0.586 e. The molecule has 0 aliphatic carbocycles. The van der Waals surface area contributed by atoms with Gasteiger partial charge in [-0.3, -0.25) is 4.79 Å². The zero-order valence-electron chi connectivity index (χ0n) is 13.2. The molecule has 2 N–H and O–H groups in total. The second-order valence-corrected chi connectivity index (χ2v) is 5.54. The molecule has 0 spiro atoms. The molecule has 0 saturated carbocycles. The Balaban J connectivity index is 1.56. The molecule has 0 aromatic heterocycles. The molecule has 5 nitrogen and oxygen atoms in total. The highest BCUT2D eigenvalue weighted by atomic mass is 19.3. The van der Waals surface area contributed by atoms with Crippen molar-refractivity contribution >= 4 is 11.6 Å². The van der Waals surface area contributed by atoms with Crippen LogP contribution in [-0.4, -0.2) is 18.2 Å². The first kappa shape index (κ1) is 16.9. The number of halogens is 3. The van der Waals surface area contributed by atoms with E-state index in [2.05, 4.69) is 20.1 Å². The van der Waals surface area contributed by atoms with Crippen LogP contribution in [0.5, 0.6) is 11.5 Å². The number of anilines is 1. The molecule has 1 aliphatic heterocycles. The Morgan fingerprint density at radius 1 is 1.12 bits per heavy atom. The molecule has 3 rings (SSSR count). The van der Waals surface area contributed by atoms with Crippen LogP contribution < -0.4 is 20.1 Å². The summed E-state index contributed by atoms with van der Waals surface area (Å²) >= 11 is 0. The molecule has 1 atom stereocenters. The Kier molecular flexibility index (Phi) is 4.43. The first-order chi connectivity index (χ1) is 11.8. The van der Waals surface area contributed by atoms with E-state index in [0.717, 1.165) is 5.56 Å². The highest BCUT2D eigenvalue weighted by Crippen LogP contribution is 2.42. The van der Waals surface area contributed by atoms with Crippen LogP contribution >= 0.6 is 0 Å². The number of carbonyl (C=O) groups is 1. The van der Waals surface area contributed by atoms with Gasteiger partial charge in [-0.15, -0.1) is 8.78 Å². The summed E-state index contributed by atoms with van der Waals surface area (Å²) in [6, 6.07) is 9.32. The van der Waals surface area contributed by atoms with Gasteiger partial charge in [0.05, 0.1) is 0 Å². The number of rotatable bonds is 5. The summed E-state index contributed by atoms with van der Waals surface area (Å²) in [5, 5.41) is 5.60. The minimum Gasteiger partial charge on any atom is -0.395 e. The number of ether oxygens (including phenoxy) is 2. The minimum atomic E-state index is -3.68. The third-order valence-corrected chi connectivity index (χ3v) is 3.56. The van der Waals surface area contributed by atoms with Crippen molar-refractivity contribution in [2.45, 2.75) is 25.8 Å². The standard InChI is InChI=1S/C17H15F3N2O3/c1-10(16(23)21-9-11-2-4-12(18)5-3-11)22-13-6-7-14-15(8-13)25-17(19,20)24-14/h2-8,10,22H,9H2,1H3,(H,21,23). The van der Waals surface area contributed by atoms with Crippen LogP contribution in [0.25, 0.3) is 0 Å². The highest BCUT2D eigenvalue weighted by molar-refractivity contribution is 5.84. The van der Waals surface area contributed by atoms with Crippen molar-refractivity contribution in [1.82, 2.24) is 5.32 Å². The van der Waals surface area contributed by atoms with Crippen LogP contribution in [0.3, 0.4) is 0 Å². The second-order valence-electron chi connectivity index (χ2n) is 5.54. The maximum absolute atomic E-state index is 13.0. The van der Waals surface area contributed by atoms with Gasteiger partial charge in [0.2, 0.25) is 5.91 Å². The van der Waals surface area contributed by atoms with E-state index >= 15 is 0 Å². The number of hydrogen-bond acceptors (Lipinski definition) is 4. The Morgan fingerprint density at radius 2 is 1.80 bits per heavy atom. The Morgan fingerprint density at radius 3 is 2.52 bits per heavy atom. The molecule has 0 bridgehead atoms. The summed E-state index contributed by atoms with van der Waals surface area (Å²) in [6.07, 6.45) is -3.68. The summed E-state index contributed by atoms with van der Waals surface area (Å²) in [5.41, 5.74) is 1.19. The van der Waals surface area contributed by atoms with E-state index in [1.807, 2.05) is 0 Å². The van der Waals surface area contributed by atoms with Gasteiger partial charge < -0.3 is 20.1 Å². The van der Waals surface area contributed by atoms with Gasteiger partial charge in [0, 0.05) is 18.3 Å². The lowest BCUT2D eigenvalue weighted by molar-refractivity contribution is -0.286. The Bertz CT molecular complexity index is 781. The van der Waals surface area contributed by atoms with Gasteiger partial charge in [0.1, 0.15) is 11.9 Å². The zero-order chi connectivity index (χ0) is 18.0. The van der Waals surface area contributed by atoms with E-state index in [9.17, 15) is 18.0 Å². The normalized spacial score (nSPS) is 15.5. The van der Waals surface area contributed by atoms with Gasteiger partial charge in [-0.05, 0) is 36.8 Å². The van der Waals surface area contributed by atoms with Crippen molar-refractivity contribution in [1.29, 1.82) is 0 Å². The van der Waals surface area contributed by atoms with Crippen LogP contribution in [0, 0.1) is 5.82 Å². The molecular weight excluding hydrogens is 337 g/mol. The molecule has 1 unspecified atom stereocenters. The molecule has 8 heteroatoms. The maximum atomic E-state index is 13.0. The molecule has 0 radical (unpaired) electrons. The van der Waals surface area contributed by atoms with Crippen molar-refractivity contribution in [3.8, 4) is 11.5 Å². The van der Waals surface area contributed by atoms with Crippen molar-refractivity contribution in [2.24, 2.45) is 0 Å². The fraction of sp³-hybridized carbons (Fsp3) is 0.235. The van der Waals surface area contributed by atoms with E-state index < -0.39 is 12.3 Å². The first-order valence-electron chi connectivity index (χ1n) is 7.51. The van der Waals surface area contributed by atoms with Crippen molar-refractivity contribution < 1.29 is 27.4 Å². The lowest BCUT2D eigenvalue weighted by Crippen LogP contribution is -2.37. The molecular formula is C17H15F3N2O3. The van der Waals surface area contributed by atoms with E-state index in [0.29, 0.717) is 5.69 Å². The minimum absolute atomic E-state index is 0.0658. The van der Waals surface area contributed by atoms with E-state index in [4.69, 9.17) is 0 Å². The molecule has 132 valence electrons. The van der Waals surface area contributed by atoms with Gasteiger partial charge in [0.15, 0.2) is 11.5 Å². The lowest BCUT2D eigenvalue weighted by Gasteiger charge is -2.15. The van der Waals surface area contributed by atoms with Crippen molar-refractivity contribution in [2.75, 3.05) is 5.32 Å². The van der Waals surface area contributed by atoms with E-state index in [-0.39, 0.29) is 29.8 Å². The molecule has 25 heavy (non-hydrogen) atoms. The molecule has 1 heterocycles. The van der Waals surface area contributed by atoms with Gasteiger partial charge in [0.25, 0.3) is 0 Å². The summed E-state index contributed by atoms with van der Waals surface area (Å²) in [4.78, 5) is 12.1. The topological polar surface area (TPSA) is 59.6 Å². The second kappa shape index (κ2) is 6.54. The van der Waals surface area contributed by atoms with Gasteiger partial charge in [-0.2, -0.15) is 0 Å². The molecule has 1 aliphatic rings. The smallest absolute Gasteiger partial charge is 0.395 e. The predicted octanol–water partition coefficient (Wildman–Crippen LogP) is 3.26. The number of nitrogens with one attached hydrogen (secondary N) is 2. The van der Waals surface area contributed by atoms with E-state index in [1.54, 1.807) is 19.1 Å². The fourth-order valence-electron chi connectivity index (χ4n) is 2.30. The summed E-state index contributed by atoms with van der Waals surface area (Å²) in [7, 11) is 0. The van der Waals surface area contributed by atoms with Crippen LogP contribution in [0.1, 0.15) is 12.5 Å². The number of amides is 1. The Labute approximate surface area is 141 Å². The summed E-state index contributed by atoms with van der Waals surface area (Å²) in [6.45, 7) is 1.87. The third-order valence-electron chi connectivity index (χ3n) is 3.56. The average molecular weight is 352 g/mol. The largest absolute Gasteiger partial charge is 0.586 e. The zero-order valence-corrected chi connectivity index (χ0v) is 13.2. The van der Waals surface area contributed by atoms with Crippen molar-refractivity contribution in [3.63, 3.8) is 0 Å². The monoisotopic (exact) mass is 352 g/mol. The Hall–Kier alpha value is -2.90. The number of alkyl halides is 2. The highest BCUT2D eigenvalue weighted by Gasteiger charge is 2.43. The van der Waals surface area contributed by atoms with Gasteiger partial charge in [-0.1, -0.05) is 12.1 Å². The van der Waals surface area contributed by atoms with Gasteiger partial charge in [-0.25, -0.2) is 4.39 Å². The molecule has 0 fully saturated rings. The predicted molar refractivity (Wildman–Crippen MR) is 84.0 cm³/mol. The van der Waals surface area contributed by atoms with E-state index in [1.165, 1.54) is 30.3 Å². The fourth-order valence-corrected chi connectivity index (χ4v) is 2.30. The van der Waals surface area contributed by atoms with Crippen LogP contribution in [0.15, 0.2) is 42.5 Å². The van der Waals surface area contributed by atoms with Crippen molar-refractivity contribution in [3.05, 3.63) is 53.8 Å². The average Bonchev–Trinajstić information content (AvgIpc) is 2.87. The third kappa shape index (κ3) is 4.14. The molecule has 1 amide bonds. The first-order valence-corrected chi connectivity index (χ1v) is 7.51. The number of carbonyl (C=O) groups excluding carboxylic acids is 1. The quantitative estimate of drug-likeness (QED) is 0.867. The van der Waals surface area contributed by atoms with Crippen LogP contribution in [-0.2, 0) is 11.3 Å². The molecule has 2 aromatic carbocycles. The lowest BCUT2D eigenvalue weighted by atomic mass is 10.2.